The lowest BCUT2D eigenvalue weighted by Gasteiger charge is -1.98. The highest BCUT2D eigenvalue weighted by Crippen LogP contribution is 2.08. The Balaban J connectivity index is 2.25. The monoisotopic (exact) mass is 204 g/mol. The first-order chi connectivity index (χ1) is 7.27. The van der Waals surface area contributed by atoms with Crippen molar-refractivity contribution in [3.63, 3.8) is 0 Å². The second-order valence-corrected chi connectivity index (χ2v) is 2.96. The van der Waals surface area contributed by atoms with E-state index >= 15 is 0 Å². The Hall–Kier alpha value is -2.24. The maximum Gasteiger partial charge on any atom is 0.455 e. The molecule has 0 spiro atoms. The van der Waals surface area contributed by atoms with Gasteiger partial charge in [0.25, 0.3) is 0 Å². The van der Waals surface area contributed by atoms with Crippen molar-refractivity contribution in [1.29, 1.82) is 0 Å². The summed E-state index contributed by atoms with van der Waals surface area (Å²) >= 11 is 0. The molecule has 0 bridgehead atoms. The lowest BCUT2D eigenvalue weighted by atomic mass is 10.2. The molecule has 0 N–H and O–H groups in total. The van der Waals surface area contributed by atoms with E-state index < -0.39 is 4.92 Å². The second kappa shape index (κ2) is 3.87. The molecule has 1 aromatic heterocycles. The molecule has 2 rings (SSSR count). The summed E-state index contributed by atoms with van der Waals surface area (Å²) in [6.45, 7) is 0.358. The smallest absolute Gasteiger partial charge is 0.390 e. The van der Waals surface area contributed by atoms with E-state index in [0.29, 0.717) is 6.54 Å². The predicted octanol–water partition coefficient (Wildman–Crippen LogP) is 1.23. The summed E-state index contributed by atoms with van der Waals surface area (Å²) in [4.78, 5) is 13.6. The van der Waals surface area contributed by atoms with Gasteiger partial charge in [0, 0.05) is 0 Å². The summed E-state index contributed by atoms with van der Waals surface area (Å²) in [6, 6.07) is 9.40. The Morgan fingerprint density at radius 3 is 2.73 bits per heavy atom. The molecule has 76 valence electrons. The Labute approximate surface area is 85.3 Å². The van der Waals surface area contributed by atoms with Gasteiger partial charge in [-0.2, -0.15) is 0 Å². The van der Waals surface area contributed by atoms with Gasteiger partial charge >= 0.3 is 5.95 Å². The predicted molar refractivity (Wildman–Crippen MR) is 52.2 cm³/mol. The number of nitrogens with zero attached hydrogens (tertiary/aromatic N) is 4. The molecule has 0 aliphatic carbocycles. The SMILES string of the molecule is O=[N+]([O-])c1ncnn1Cc1ccccc1. The van der Waals surface area contributed by atoms with Gasteiger partial charge in [0.1, 0.15) is 6.54 Å². The zero-order valence-corrected chi connectivity index (χ0v) is 7.78. The Morgan fingerprint density at radius 1 is 1.33 bits per heavy atom. The van der Waals surface area contributed by atoms with Gasteiger partial charge in [-0.25, -0.2) is 0 Å². The third kappa shape index (κ3) is 1.98. The van der Waals surface area contributed by atoms with Crippen molar-refractivity contribution >= 4 is 5.95 Å². The van der Waals surface area contributed by atoms with Crippen molar-refractivity contribution in [2.45, 2.75) is 6.54 Å². The van der Waals surface area contributed by atoms with E-state index in [9.17, 15) is 10.1 Å². The van der Waals surface area contributed by atoms with Crippen molar-refractivity contribution < 1.29 is 4.92 Å². The third-order valence-electron chi connectivity index (χ3n) is 1.93. The van der Waals surface area contributed by atoms with Gasteiger partial charge in [-0.3, -0.25) is 0 Å². The van der Waals surface area contributed by atoms with Crippen molar-refractivity contribution in [2.24, 2.45) is 0 Å². The summed E-state index contributed by atoms with van der Waals surface area (Å²) in [5.74, 6) is -0.237. The van der Waals surface area contributed by atoms with Crippen LogP contribution in [0.15, 0.2) is 36.7 Å². The topological polar surface area (TPSA) is 73.8 Å². The molecular formula is C9H8N4O2. The van der Waals surface area contributed by atoms with Crippen LogP contribution in [0.1, 0.15) is 5.56 Å². The molecular weight excluding hydrogens is 196 g/mol. The van der Waals surface area contributed by atoms with Crippen LogP contribution in [-0.4, -0.2) is 19.7 Å². The van der Waals surface area contributed by atoms with Crippen LogP contribution in [0.5, 0.6) is 0 Å². The first-order valence-electron chi connectivity index (χ1n) is 4.33. The van der Waals surface area contributed by atoms with Crippen LogP contribution in [0.25, 0.3) is 0 Å². The molecule has 0 saturated heterocycles. The molecule has 0 aliphatic rings. The number of hydrogen-bond acceptors (Lipinski definition) is 4. The van der Waals surface area contributed by atoms with Crippen LogP contribution >= 0.6 is 0 Å². The van der Waals surface area contributed by atoms with E-state index in [1.54, 1.807) is 0 Å². The molecule has 6 heteroatoms. The van der Waals surface area contributed by atoms with Gasteiger partial charge in [-0.15, -0.1) is 4.68 Å². The summed E-state index contributed by atoms with van der Waals surface area (Å²) in [7, 11) is 0. The fourth-order valence-electron chi connectivity index (χ4n) is 1.27. The van der Waals surface area contributed by atoms with Gasteiger partial charge in [-0.05, 0) is 10.5 Å². The van der Waals surface area contributed by atoms with Gasteiger partial charge in [-0.1, -0.05) is 40.4 Å². The number of benzene rings is 1. The van der Waals surface area contributed by atoms with Gasteiger partial charge in [0.2, 0.25) is 6.33 Å². The fourth-order valence-corrected chi connectivity index (χ4v) is 1.27. The summed E-state index contributed by atoms with van der Waals surface area (Å²) < 4.78 is 1.26. The Kier molecular flexibility index (Phi) is 2.40. The number of nitro groups is 1. The maximum atomic E-state index is 10.6. The molecule has 0 saturated carbocycles. The van der Waals surface area contributed by atoms with Gasteiger partial charge in [0.15, 0.2) is 0 Å². The number of rotatable bonds is 3. The highest BCUT2D eigenvalue weighted by Gasteiger charge is 2.15. The molecule has 15 heavy (non-hydrogen) atoms. The molecule has 0 aliphatic heterocycles. The van der Waals surface area contributed by atoms with E-state index in [0.717, 1.165) is 5.56 Å². The fraction of sp³-hybridized carbons (Fsp3) is 0.111. The largest absolute Gasteiger partial charge is 0.455 e. The Bertz CT molecular complexity index is 466. The first kappa shape index (κ1) is 9.32. The average Bonchev–Trinajstić information content (AvgIpc) is 2.67. The standard InChI is InChI=1S/C9H8N4O2/c14-13(15)9-10-7-11-12(9)6-8-4-2-1-3-5-8/h1-5,7H,6H2. The summed E-state index contributed by atoms with van der Waals surface area (Å²) in [6.07, 6.45) is 1.18. The minimum Gasteiger partial charge on any atom is -0.390 e. The quantitative estimate of drug-likeness (QED) is 0.556. The minimum absolute atomic E-state index is 0.237. The van der Waals surface area contributed by atoms with Crippen molar-refractivity contribution in [3.05, 3.63) is 52.3 Å². The van der Waals surface area contributed by atoms with Gasteiger partial charge < -0.3 is 10.1 Å². The van der Waals surface area contributed by atoms with E-state index in [1.807, 2.05) is 30.3 Å². The summed E-state index contributed by atoms with van der Waals surface area (Å²) in [5, 5.41) is 14.4. The van der Waals surface area contributed by atoms with Crippen LogP contribution in [0.3, 0.4) is 0 Å². The van der Waals surface area contributed by atoms with E-state index in [4.69, 9.17) is 0 Å². The third-order valence-corrected chi connectivity index (χ3v) is 1.93. The number of hydrogen-bond donors (Lipinski definition) is 0. The number of aromatic nitrogens is 3. The zero-order chi connectivity index (χ0) is 10.7. The highest BCUT2D eigenvalue weighted by atomic mass is 16.6. The highest BCUT2D eigenvalue weighted by molar-refractivity contribution is 5.16. The van der Waals surface area contributed by atoms with Gasteiger partial charge in [0.05, 0.1) is 0 Å². The maximum absolute atomic E-state index is 10.6. The van der Waals surface area contributed by atoms with Crippen molar-refractivity contribution in [2.75, 3.05) is 0 Å². The van der Waals surface area contributed by atoms with E-state index in [2.05, 4.69) is 10.1 Å². The molecule has 1 aromatic carbocycles. The summed E-state index contributed by atoms with van der Waals surface area (Å²) in [5.41, 5.74) is 0.950. The zero-order valence-electron chi connectivity index (χ0n) is 7.78. The molecule has 6 nitrogen and oxygen atoms in total. The van der Waals surface area contributed by atoms with Crippen LogP contribution in [0.2, 0.25) is 0 Å². The lowest BCUT2D eigenvalue weighted by Crippen LogP contribution is -2.06. The van der Waals surface area contributed by atoms with Crippen molar-refractivity contribution in [3.8, 4) is 0 Å². The Morgan fingerprint density at radius 2 is 2.07 bits per heavy atom. The molecule has 0 unspecified atom stereocenters. The van der Waals surface area contributed by atoms with Crippen LogP contribution < -0.4 is 0 Å². The van der Waals surface area contributed by atoms with Crippen LogP contribution in [0, 0.1) is 10.1 Å². The van der Waals surface area contributed by atoms with Crippen LogP contribution in [-0.2, 0) is 6.54 Å². The van der Waals surface area contributed by atoms with E-state index in [1.165, 1.54) is 11.0 Å². The lowest BCUT2D eigenvalue weighted by molar-refractivity contribution is -0.397. The average molecular weight is 204 g/mol. The molecule has 0 amide bonds. The molecule has 0 radical (unpaired) electrons. The first-order valence-corrected chi connectivity index (χ1v) is 4.33. The molecule has 2 aromatic rings. The molecule has 0 atom stereocenters. The molecule has 1 heterocycles. The second-order valence-electron chi connectivity index (χ2n) is 2.96. The van der Waals surface area contributed by atoms with Crippen molar-refractivity contribution in [1.82, 2.24) is 14.8 Å². The normalized spacial score (nSPS) is 10.1. The minimum atomic E-state index is -0.546. The van der Waals surface area contributed by atoms with E-state index in [-0.39, 0.29) is 5.95 Å². The van der Waals surface area contributed by atoms with Crippen LogP contribution in [0.4, 0.5) is 5.95 Å². The molecule has 0 fully saturated rings.